The van der Waals surface area contributed by atoms with E-state index in [2.05, 4.69) is 23.0 Å². The Morgan fingerprint density at radius 2 is 2.04 bits per heavy atom. The molecule has 0 fully saturated rings. The Morgan fingerprint density at radius 1 is 1.17 bits per heavy atom. The average molecular weight is 310 g/mol. The number of rotatable bonds is 3. The third kappa shape index (κ3) is 3.04. The van der Waals surface area contributed by atoms with E-state index in [1.807, 2.05) is 36.5 Å². The van der Waals surface area contributed by atoms with Gasteiger partial charge in [0.05, 0.1) is 0 Å². The summed E-state index contributed by atoms with van der Waals surface area (Å²) < 4.78 is 11.9. The Kier molecular flexibility index (Phi) is 3.92. The molecular formula is C19H22N2O2. The maximum absolute atomic E-state index is 6.08. The van der Waals surface area contributed by atoms with Crippen LogP contribution < -0.4 is 9.47 Å². The second kappa shape index (κ2) is 6.20. The number of ether oxygens (including phenoxy) is 2. The Morgan fingerprint density at radius 3 is 2.96 bits per heavy atom. The van der Waals surface area contributed by atoms with Crippen molar-refractivity contribution < 1.29 is 9.47 Å². The lowest BCUT2D eigenvalue weighted by Gasteiger charge is -2.35. The molecule has 4 heteroatoms. The fourth-order valence-corrected chi connectivity index (χ4v) is 3.53. The minimum atomic E-state index is 0.0834. The molecule has 0 N–H and O–H groups in total. The van der Waals surface area contributed by atoms with Gasteiger partial charge < -0.3 is 9.47 Å². The molecule has 1 aliphatic carbocycles. The number of aromatic nitrogens is 1. The van der Waals surface area contributed by atoms with E-state index in [-0.39, 0.29) is 6.10 Å². The van der Waals surface area contributed by atoms with Crippen molar-refractivity contribution in [1.82, 2.24) is 9.88 Å². The maximum Gasteiger partial charge on any atom is 0.161 e. The van der Waals surface area contributed by atoms with E-state index in [9.17, 15) is 0 Å². The first-order valence-corrected chi connectivity index (χ1v) is 8.31. The predicted octanol–water partition coefficient (Wildman–Crippen LogP) is 2.71. The molecule has 2 aromatic rings. The predicted molar refractivity (Wildman–Crippen MR) is 89.0 cm³/mol. The molecule has 0 saturated carbocycles. The summed E-state index contributed by atoms with van der Waals surface area (Å²) in [6, 6.07) is 12.7. The van der Waals surface area contributed by atoms with Gasteiger partial charge in [-0.3, -0.25) is 9.88 Å². The lowest BCUT2D eigenvalue weighted by Crippen LogP contribution is -2.45. The molecule has 4 nitrogen and oxygen atoms in total. The third-order valence-electron chi connectivity index (χ3n) is 4.84. The number of hydrogen-bond donors (Lipinski definition) is 0. The van der Waals surface area contributed by atoms with E-state index in [0.717, 1.165) is 30.9 Å². The molecule has 120 valence electrons. The first-order chi connectivity index (χ1) is 11.3. The van der Waals surface area contributed by atoms with E-state index in [1.54, 1.807) is 0 Å². The molecule has 23 heavy (non-hydrogen) atoms. The van der Waals surface area contributed by atoms with Crippen LogP contribution in [0.4, 0.5) is 0 Å². The summed E-state index contributed by atoms with van der Waals surface area (Å²) in [6.45, 7) is 1.49. The molecule has 1 aromatic carbocycles. The normalized spacial score (nSPS) is 22.7. The van der Waals surface area contributed by atoms with Crippen LogP contribution >= 0.6 is 0 Å². The number of fused-ring (bicyclic) bond motifs is 2. The van der Waals surface area contributed by atoms with Crippen molar-refractivity contribution in [2.75, 3.05) is 20.2 Å². The number of pyridine rings is 1. The molecule has 2 aliphatic rings. The molecule has 2 unspecified atom stereocenters. The van der Waals surface area contributed by atoms with Gasteiger partial charge in [0.15, 0.2) is 11.5 Å². The number of nitrogens with zero attached hydrogens (tertiary/aromatic N) is 2. The Hall–Kier alpha value is -2.07. The van der Waals surface area contributed by atoms with Crippen LogP contribution in [0.1, 0.15) is 17.7 Å². The highest BCUT2D eigenvalue weighted by Gasteiger charge is 2.27. The first-order valence-electron chi connectivity index (χ1n) is 8.31. The minimum Gasteiger partial charge on any atom is -0.486 e. The molecule has 0 radical (unpaired) electrons. The van der Waals surface area contributed by atoms with Gasteiger partial charge in [0, 0.05) is 30.9 Å². The number of hydrogen-bond acceptors (Lipinski definition) is 4. The van der Waals surface area contributed by atoms with Crippen LogP contribution in [-0.4, -0.2) is 42.2 Å². The highest BCUT2D eigenvalue weighted by Crippen LogP contribution is 2.31. The summed E-state index contributed by atoms with van der Waals surface area (Å²) in [5.74, 6) is 1.70. The second-order valence-corrected chi connectivity index (χ2v) is 6.44. The molecule has 2 atom stereocenters. The van der Waals surface area contributed by atoms with Crippen LogP contribution in [0, 0.1) is 0 Å². The van der Waals surface area contributed by atoms with Gasteiger partial charge in [-0.15, -0.1) is 0 Å². The third-order valence-corrected chi connectivity index (χ3v) is 4.84. The summed E-state index contributed by atoms with van der Waals surface area (Å²) in [5, 5.41) is 0. The van der Waals surface area contributed by atoms with Crippen LogP contribution in [-0.2, 0) is 12.8 Å². The SMILES string of the molecule is CN(CC1COc2ccccc2O1)C1CCc2cccnc2C1. The zero-order valence-corrected chi connectivity index (χ0v) is 13.4. The van der Waals surface area contributed by atoms with Crippen molar-refractivity contribution in [2.24, 2.45) is 0 Å². The summed E-state index contributed by atoms with van der Waals surface area (Å²) in [7, 11) is 2.18. The molecule has 1 aliphatic heterocycles. The van der Waals surface area contributed by atoms with Gasteiger partial charge in [0.1, 0.15) is 12.7 Å². The van der Waals surface area contributed by atoms with E-state index in [1.165, 1.54) is 17.7 Å². The van der Waals surface area contributed by atoms with Gasteiger partial charge in [-0.05, 0) is 43.7 Å². The number of para-hydroxylation sites is 2. The fraction of sp³-hybridized carbons (Fsp3) is 0.421. The molecule has 1 aromatic heterocycles. The summed E-state index contributed by atoms with van der Waals surface area (Å²) in [5.41, 5.74) is 2.66. The van der Waals surface area contributed by atoms with Gasteiger partial charge >= 0.3 is 0 Å². The van der Waals surface area contributed by atoms with E-state index >= 15 is 0 Å². The van der Waals surface area contributed by atoms with Gasteiger partial charge in [0.25, 0.3) is 0 Å². The largest absolute Gasteiger partial charge is 0.486 e. The number of likely N-dealkylation sites (N-methyl/N-ethyl adjacent to an activating group) is 1. The maximum atomic E-state index is 6.08. The molecule has 2 heterocycles. The smallest absolute Gasteiger partial charge is 0.161 e. The summed E-state index contributed by atoms with van der Waals surface area (Å²) in [4.78, 5) is 6.95. The van der Waals surface area contributed by atoms with E-state index < -0.39 is 0 Å². The Bertz CT molecular complexity index is 689. The summed E-state index contributed by atoms with van der Waals surface area (Å²) >= 11 is 0. The fourth-order valence-electron chi connectivity index (χ4n) is 3.53. The lowest BCUT2D eigenvalue weighted by atomic mass is 9.91. The van der Waals surface area contributed by atoms with Crippen molar-refractivity contribution in [2.45, 2.75) is 31.4 Å². The van der Waals surface area contributed by atoms with Crippen molar-refractivity contribution in [3.8, 4) is 11.5 Å². The molecule has 0 spiro atoms. The molecular weight excluding hydrogens is 288 g/mol. The van der Waals surface area contributed by atoms with Crippen LogP contribution in [0.3, 0.4) is 0 Å². The van der Waals surface area contributed by atoms with Gasteiger partial charge in [-0.25, -0.2) is 0 Å². The van der Waals surface area contributed by atoms with Gasteiger partial charge in [0.2, 0.25) is 0 Å². The van der Waals surface area contributed by atoms with Crippen molar-refractivity contribution in [1.29, 1.82) is 0 Å². The molecule has 4 rings (SSSR count). The molecule has 0 amide bonds. The van der Waals surface area contributed by atoms with Crippen LogP contribution in [0.15, 0.2) is 42.6 Å². The Balaban J connectivity index is 1.39. The van der Waals surface area contributed by atoms with Crippen LogP contribution in [0.25, 0.3) is 0 Å². The van der Waals surface area contributed by atoms with Crippen molar-refractivity contribution >= 4 is 0 Å². The minimum absolute atomic E-state index is 0.0834. The monoisotopic (exact) mass is 310 g/mol. The van der Waals surface area contributed by atoms with E-state index in [4.69, 9.17) is 9.47 Å². The second-order valence-electron chi connectivity index (χ2n) is 6.44. The molecule has 0 saturated heterocycles. The Labute approximate surface area is 137 Å². The highest BCUT2D eigenvalue weighted by molar-refractivity contribution is 5.40. The zero-order valence-electron chi connectivity index (χ0n) is 13.4. The van der Waals surface area contributed by atoms with Crippen molar-refractivity contribution in [3.05, 3.63) is 53.9 Å². The van der Waals surface area contributed by atoms with Crippen LogP contribution in [0.5, 0.6) is 11.5 Å². The summed E-state index contributed by atoms with van der Waals surface area (Å²) in [6.07, 6.45) is 5.30. The zero-order chi connectivity index (χ0) is 15.6. The van der Waals surface area contributed by atoms with Crippen molar-refractivity contribution in [3.63, 3.8) is 0 Å². The quantitative estimate of drug-likeness (QED) is 0.873. The van der Waals surface area contributed by atoms with Gasteiger partial charge in [-0.1, -0.05) is 18.2 Å². The molecule has 0 bridgehead atoms. The number of aryl methyl sites for hydroxylation is 1. The lowest BCUT2D eigenvalue weighted by molar-refractivity contribution is 0.0521. The van der Waals surface area contributed by atoms with E-state index in [0.29, 0.717) is 12.6 Å². The van der Waals surface area contributed by atoms with Crippen LogP contribution in [0.2, 0.25) is 0 Å². The standard InChI is InChI=1S/C19H22N2O2/c1-21(15-9-8-14-5-4-10-20-17(14)11-15)12-16-13-22-18-6-2-3-7-19(18)23-16/h2-7,10,15-16H,8-9,11-13H2,1H3. The highest BCUT2D eigenvalue weighted by atomic mass is 16.6. The number of benzene rings is 1. The first kappa shape index (κ1) is 14.5. The average Bonchev–Trinajstić information content (AvgIpc) is 2.61. The van der Waals surface area contributed by atoms with Gasteiger partial charge in [-0.2, -0.15) is 0 Å². The topological polar surface area (TPSA) is 34.6 Å².